The van der Waals surface area contributed by atoms with Gasteiger partial charge in [-0.25, -0.2) is 0 Å². The van der Waals surface area contributed by atoms with Crippen LogP contribution < -0.4 is 0 Å². The molecule has 0 aliphatic rings. The molecule has 0 amide bonds. The molecule has 1 aromatic carbocycles. The summed E-state index contributed by atoms with van der Waals surface area (Å²) in [5.74, 6) is -0.785. The van der Waals surface area contributed by atoms with Gasteiger partial charge in [-0.1, -0.05) is 56.3 Å². The summed E-state index contributed by atoms with van der Waals surface area (Å²) < 4.78 is 0. The summed E-state index contributed by atoms with van der Waals surface area (Å²) in [7, 11) is 0. The molecule has 0 saturated heterocycles. The second-order valence-electron chi connectivity index (χ2n) is 4.65. The second-order valence-corrected chi connectivity index (χ2v) is 4.65. The fourth-order valence-corrected chi connectivity index (χ4v) is 1.66. The van der Waals surface area contributed by atoms with Gasteiger partial charge in [0.05, 0.1) is 6.42 Å². The zero-order valence-electron chi connectivity index (χ0n) is 9.81. The van der Waals surface area contributed by atoms with E-state index in [9.17, 15) is 4.79 Å². The number of aliphatic carboxylic acids is 1. The molecule has 2 heteroatoms. The lowest BCUT2D eigenvalue weighted by Gasteiger charge is -2.20. The summed E-state index contributed by atoms with van der Waals surface area (Å²) in [5, 5.41) is 8.55. The molecule has 0 spiro atoms. The Hall–Kier alpha value is -1.57. The third-order valence-electron chi connectivity index (χ3n) is 2.36. The predicted molar refractivity (Wildman–Crippen MR) is 65.3 cm³/mol. The molecule has 0 aliphatic heterocycles. The van der Waals surface area contributed by atoms with Crippen LogP contribution in [0.15, 0.2) is 42.5 Å². The van der Waals surface area contributed by atoms with Gasteiger partial charge in [-0.3, -0.25) is 4.79 Å². The molecule has 0 aliphatic carbocycles. The van der Waals surface area contributed by atoms with Crippen LogP contribution >= 0.6 is 0 Å². The maximum atomic E-state index is 10.4. The normalized spacial score (nSPS) is 11.9. The first kappa shape index (κ1) is 12.5. The van der Waals surface area contributed by atoms with Gasteiger partial charge in [0.2, 0.25) is 0 Å². The number of allylic oxidation sites excluding steroid dienone is 1. The lowest BCUT2D eigenvalue weighted by molar-refractivity contribution is -0.136. The zero-order chi connectivity index (χ0) is 12.0. The van der Waals surface area contributed by atoms with Crippen molar-refractivity contribution in [2.75, 3.05) is 0 Å². The van der Waals surface area contributed by atoms with Crippen molar-refractivity contribution in [2.45, 2.75) is 26.7 Å². The number of benzene rings is 1. The van der Waals surface area contributed by atoms with E-state index in [1.165, 1.54) is 5.56 Å². The fraction of sp³-hybridized carbons (Fsp3) is 0.357. The summed E-state index contributed by atoms with van der Waals surface area (Å²) in [6.45, 7) is 4.22. The Balaban J connectivity index is 2.58. The molecule has 0 unspecified atom stereocenters. The highest BCUT2D eigenvalue weighted by Crippen LogP contribution is 2.23. The van der Waals surface area contributed by atoms with Crippen LogP contribution in [-0.2, 0) is 11.2 Å². The van der Waals surface area contributed by atoms with Gasteiger partial charge in [-0.2, -0.15) is 0 Å². The van der Waals surface area contributed by atoms with E-state index in [0.717, 1.165) is 6.42 Å². The van der Waals surface area contributed by atoms with Crippen LogP contribution in [-0.4, -0.2) is 11.1 Å². The molecule has 0 bridgehead atoms. The van der Waals surface area contributed by atoms with Crippen LogP contribution in [0.4, 0.5) is 0 Å². The molecule has 0 atom stereocenters. The van der Waals surface area contributed by atoms with Gasteiger partial charge in [-0.05, 0) is 17.4 Å². The standard InChI is InChI=1S/C14H18O2/c1-14(2,10-6-9-13(15)16)11-12-7-4-3-5-8-12/h3-8,10H,9,11H2,1-2H3,(H,15,16). The summed E-state index contributed by atoms with van der Waals surface area (Å²) in [6, 6.07) is 10.2. The van der Waals surface area contributed by atoms with Gasteiger partial charge in [0, 0.05) is 0 Å². The third kappa shape index (κ3) is 4.78. The number of hydrogen-bond donors (Lipinski definition) is 1. The van der Waals surface area contributed by atoms with E-state index >= 15 is 0 Å². The minimum atomic E-state index is -0.785. The molecular weight excluding hydrogens is 200 g/mol. The van der Waals surface area contributed by atoms with Crippen molar-refractivity contribution in [2.24, 2.45) is 5.41 Å². The van der Waals surface area contributed by atoms with Gasteiger partial charge in [0.15, 0.2) is 0 Å². The highest BCUT2D eigenvalue weighted by Gasteiger charge is 2.14. The van der Waals surface area contributed by atoms with Crippen molar-refractivity contribution >= 4 is 5.97 Å². The van der Waals surface area contributed by atoms with Gasteiger partial charge < -0.3 is 5.11 Å². The smallest absolute Gasteiger partial charge is 0.307 e. The van der Waals surface area contributed by atoms with Gasteiger partial charge in [0.1, 0.15) is 0 Å². The molecule has 2 nitrogen and oxygen atoms in total. The van der Waals surface area contributed by atoms with Gasteiger partial charge in [0.25, 0.3) is 0 Å². The van der Waals surface area contributed by atoms with Gasteiger partial charge in [-0.15, -0.1) is 0 Å². The zero-order valence-corrected chi connectivity index (χ0v) is 9.81. The van der Waals surface area contributed by atoms with Crippen LogP contribution in [0.2, 0.25) is 0 Å². The number of carbonyl (C=O) groups is 1. The fourth-order valence-electron chi connectivity index (χ4n) is 1.66. The quantitative estimate of drug-likeness (QED) is 0.770. The number of carboxylic acid groups (broad SMARTS) is 1. The molecule has 0 radical (unpaired) electrons. The van der Waals surface area contributed by atoms with E-state index in [0.29, 0.717) is 0 Å². The minimum Gasteiger partial charge on any atom is -0.481 e. The Morgan fingerprint density at radius 2 is 1.94 bits per heavy atom. The van der Waals surface area contributed by atoms with E-state index in [-0.39, 0.29) is 11.8 Å². The van der Waals surface area contributed by atoms with Crippen LogP contribution in [0.5, 0.6) is 0 Å². The molecule has 1 rings (SSSR count). The van der Waals surface area contributed by atoms with E-state index in [1.54, 1.807) is 6.08 Å². The summed E-state index contributed by atoms with van der Waals surface area (Å²) in [5.41, 5.74) is 1.27. The highest BCUT2D eigenvalue weighted by molar-refractivity contribution is 5.68. The lowest BCUT2D eigenvalue weighted by Crippen LogP contribution is -2.11. The molecule has 0 fully saturated rings. The lowest BCUT2D eigenvalue weighted by atomic mass is 9.85. The Labute approximate surface area is 96.6 Å². The van der Waals surface area contributed by atoms with Crippen molar-refractivity contribution in [1.29, 1.82) is 0 Å². The number of rotatable bonds is 5. The molecule has 1 N–H and O–H groups in total. The van der Waals surface area contributed by atoms with Crippen molar-refractivity contribution in [3.63, 3.8) is 0 Å². The molecule has 0 aromatic heterocycles. The first-order valence-corrected chi connectivity index (χ1v) is 5.43. The number of carboxylic acids is 1. The van der Waals surface area contributed by atoms with E-state index < -0.39 is 5.97 Å². The van der Waals surface area contributed by atoms with Crippen LogP contribution in [0.25, 0.3) is 0 Å². The van der Waals surface area contributed by atoms with E-state index in [1.807, 2.05) is 24.3 Å². The first-order valence-electron chi connectivity index (χ1n) is 5.43. The van der Waals surface area contributed by atoms with Gasteiger partial charge >= 0.3 is 5.97 Å². The molecule has 16 heavy (non-hydrogen) atoms. The van der Waals surface area contributed by atoms with Crippen molar-refractivity contribution < 1.29 is 9.90 Å². The molecule has 86 valence electrons. The maximum Gasteiger partial charge on any atom is 0.307 e. The molecular formula is C14H18O2. The predicted octanol–water partition coefficient (Wildman–Crippen LogP) is 3.29. The monoisotopic (exact) mass is 218 g/mol. The average molecular weight is 218 g/mol. The van der Waals surface area contributed by atoms with E-state index in [4.69, 9.17) is 5.11 Å². The second kappa shape index (κ2) is 5.50. The Kier molecular flexibility index (Phi) is 4.29. The average Bonchev–Trinajstić information content (AvgIpc) is 2.17. The largest absolute Gasteiger partial charge is 0.481 e. The first-order chi connectivity index (χ1) is 7.49. The SMILES string of the molecule is CC(C)(C=CCC(=O)O)Cc1ccccc1. The van der Waals surface area contributed by atoms with Crippen molar-refractivity contribution in [3.8, 4) is 0 Å². The van der Waals surface area contributed by atoms with Crippen molar-refractivity contribution in [1.82, 2.24) is 0 Å². The van der Waals surface area contributed by atoms with Crippen molar-refractivity contribution in [3.05, 3.63) is 48.0 Å². The van der Waals surface area contributed by atoms with Crippen LogP contribution in [0.3, 0.4) is 0 Å². The minimum absolute atomic E-state index is 0.00317. The topological polar surface area (TPSA) is 37.3 Å². The summed E-state index contributed by atoms with van der Waals surface area (Å²) >= 11 is 0. The summed E-state index contributed by atoms with van der Waals surface area (Å²) in [4.78, 5) is 10.4. The molecule has 0 saturated carbocycles. The Morgan fingerprint density at radius 3 is 2.50 bits per heavy atom. The third-order valence-corrected chi connectivity index (χ3v) is 2.36. The van der Waals surface area contributed by atoms with Crippen LogP contribution in [0, 0.1) is 5.41 Å². The molecule has 1 aromatic rings. The van der Waals surface area contributed by atoms with Crippen LogP contribution in [0.1, 0.15) is 25.8 Å². The van der Waals surface area contributed by atoms with E-state index in [2.05, 4.69) is 26.0 Å². The highest BCUT2D eigenvalue weighted by atomic mass is 16.4. The Bertz CT molecular complexity index is 364. The molecule has 0 heterocycles. The maximum absolute atomic E-state index is 10.4. The summed E-state index contributed by atoms with van der Waals surface area (Å²) in [6.07, 6.45) is 4.72. The number of hydrogen-bond acceptors (Lipinski definition) is 1. The Morgan fingerprint density at radius 1 is 1.31 bits per heavy atom.